The molecule has 6 nitrogen and oxygen atoms in total. The van der Waals surface area contributed by atoms with Crippen molar-refractivity contribution in [3.05, 3.63) is 113 Å². The molecule has 0 saturated heterocycles. The van der Waals surface area contributed by atoms with Gasteiger partial charge < -0.3 is 23.4 Å². The van der Waals surface area contributed by atoms with Crippen molar-refractivity contribution in [1.29, 1.82) is 0 Å². The van der Waals surface area contributed by atoms with E-state index in [9.17, 15) is 18.0 Å². The summed E-state index contributed by atoms with van der Waals surface area (Å²) in [6, 6.07) is 24.8. The summed E-state index contributed by atoms with van der Waals surface area (Å²) < 4.78 is 69.6. The number of hydrogen-bond donors (Lipinski definition) is 0. The molecule has 204 valence electrons. The fourth-order valence-corrected chi connectivity index (χ4v) is 4.21. The van der Waals surface area contributed by atoms with Gasteiger partial charge in [0.25, 0.3) is 0 Å². The van der Waals surface area contributed by atoms with E-state index in [-0.39, 0.29) is 34.6 Å². The van der Waals surface area contributed by atoms with Crippen LogP contribution >= 0.6 is 0 Å². The first-order valence-corrected chi connectivity index (χ1v) is 12.1. The molecule has 0 fully saturated rings. The molecule has 0 N–H and O–H groups in total. The Labute approximate surface area is 227 Å². The monoisotopic (exact) mass is 548 g/mol. The molecular weight excluding hydrogens is 525 g/mol. The van der Waals surface area contributed by atoms with E-state index in [2.05, 4.69) is 0 Å². The van der Waals surface area contributed by atoms with Crippen LogP contribution in [0.25, 0.3) is 22.1 Å². The minimum Gasteiger partial charge on any atom is -0.493 e. The molecule has 1 aromatic heterocycles. The number of rotatable bonds is 8. The van der Waals surface area contributed by atoms with Crippen molar-refractivity contribution in [3.8, 4) is 39.9 Å². The number of halogens is 3. The molecular formula is C31H23F3O6. The lowest BCUT2D eigenvalue weighted by Crippen LogP contribution is -2.16. The summed E-state index contributed by atoms with van der Waals surface area (Å²) in [6.07, 6.45) is -4.94. The molecule has 0 atom stereocenters. The van der Waals surface area contributed by atoms with Crippen LogP contribution in [0.15, 0.2) is 100 Å². The highest BCUT2D eigenvalue weighted by molar-refractivity contribution is 5.84. The first-order valence-electron chi connectivity index (χ1n) is 12.1. The van der Waals surface area contributed by atoms with E-state index in [1.807, 2.05) is 42.5 Å². The van der Waals surface area contributed by atoms with E-state index in [0.717, 1.165) is 5.56 Å². The standard InChI is InChI=1S/C31H23F3O6/c1-36-25-14-11-20(16-27(25)37-2)28-29(35)24-13-12-22(17-26(24)40-30(28)31(32,33)34)38-18-19-7-6-10-23(15-19)39-21-8-4-3-5-9-21/h3-17H,18H2,1-2H3. The zero-order chi connectivity index (χ0) is 28.3. The van der Waals surface area contributed by atoms with Gasteiger partial charge in [0.15, 0.2) is 11.5 Å². The SMILES string of the molecule is COc1ccc(-c2c(C(F)(F)F)oc3cc(OCc4cccc(Oc5ccccc5)c4)ccc3c2=O)cc1OC. The predicted molar refractivity (Wildman–Crippen MR) is 143 cm³/mol. The number of benzene rings is 4. The van der Waals surface area contributed by atoms with E-state index in [1.165, 1.54) is 50.6 Å². The van der Waals surface area contributed by atoms with Gasteiger partial charge >= 0.3 is 6.18 Å². The van der Waals surface area contributed by atoms with Crippen molar-refractivity contribution in [2.24, 2.45) is 0 Å². The molecule has 40 heavy (non-hydrogen) atoms. The fraction of sp³-hybridized carbons (Fsp3) is 0.129. The Kier molecular flexibility index (Phi) is 7.37. The molecule has 5 aromatic rings. The van der Waals surface area contributed by atoms with E-state index < -0.39 is 22.9 Å². The summed E-state index contributed by atoms with van der Waals surface area (Å²) >= 11 is 0. The zero-order valence-corrected chi connectivity index (χ0v) is 21.5. The molecule has 0 aliphatic heterocycles. The topological polar surface area (TPSA) is 67.1 Å². The van der Waals surface area contributed by atoms with Gasteiger partial charge in [0.05, 0.1) is 25.2 Å². The number of alkyl halides is 3. The average Bonchev–Trinajstić information content (AvgIpc) is 2.96. The summed E-state index contributed by atoms with van der Waals surface area (Å²) in [5.74, 6) is 0.586. The molecule has 0 unspecified atom stereocenters. The molecule has 4 aromatic carbocycles. The first kappa shape index (κ1) is 26.7. The summed E-state index contributed by atoms with van der Waals surface area (Å²) in [4.78, 5) is 13.3. The Balaban J connectivity index is 1.46. The average molecular weight is 549 g/mol. The third-order valence-electron chi connectivity index (χ3n) is 6.08. The van der Waals surface area contributed by atoms with Gasteiger partial charge in [-0.05, 0) is 59.7 Å². The Bertz CT molecular complexity index is 1710. The number of para-hydroxylation sites is 1. The maximum Gasteiger partial charge on any atom is 0.450 e. The maximum absolute atomic E-state index is 14.1. The Morgan fingerprint density at radius 2 is 1.50 bits per heavy atom. The summed E-state index contributed by atoms with van der Waals surface area (Å²) in [6.45, 7) is 0.109. The van der Waals surface area contributed by atoms with E-state index in [0.29, 0.717) is 17.2 Å². The Hall–Kier alpha value is -4.92. The highest BCUT2D eigenvalue weighted by atomic mass is 19.4. The molecule has 1 heterocycles. The van der Waals surface area contributed by atoms with Crippen LogP contribution in [0.1, 0.15) is 11.3 Å². The maximum atomic E-state index is 14.1. The molecule has 0 radical (unpaired) electrons. The molecule has 0 amide bonds. The van der Waals surface area contributed by atoms with Crippen LogP contribution in [-0.2, 0) is 12.8 Å². The van der Waals surface area contributed by atoms with Gasteiger partial charge in [0.2, 0.25) is 11.2 Å². The predicted octanol–water partition coefficient (Wildman–Crippen LogP) is 7.87. The summed E-state index contributed by atoms with van der Waals surface area (Å²) in [5, 5.41) is -0.0246. The summed E-state index contributed by atoms with van der Waals surface area (Å²) in [5.41, 5.74) is -0.948. The van der Waals surface area contributed by atoms with Gasteiger partial charge in [-0.3, -0.25) is 4.79 Å². The largest absolute Gasteiger partial charge is 0.493 e. The van der Waals surface area contributed by atoms with Crippen LogP contribution in [-0.4, -0.2) is 14.2 Å². The van der Waals surface area contributed by atoms with Gasteiger partial charge in [0, 0.05) is 6.07 Å². The highest BCUT2D eigenvalue weighted by Crippen LogP contribution is 2.40. The second kappa shape index (κ2) is 11.1. The minimum atomic E-state index is -4.94. The van der Waals surface area contributed by atoms with Crippen molar-refractivity contribution in [3.63, 3.8) is 0 Å². The van der Waals surface area contributed by atoms with Crippen molar-refractivity contribution in [2.45, 2.75) is 12.8 Å². The molecule has 0 spiro atoms. The first-order chi connectivity index (χ1) is 19.3. The lowest BCUT2D eigenvalue weighted by Gasteiger charge is -2.15. The van der Waals surface area contributed by atoms with Crippen molar-refractivity contribution in [1.82, 2.24) is 0 Å². The lowest BCUT2D eigenvalue weighted by atomic mass is 10.0. The second-order valence-corrected chi connectivity index (χ2v) is 8.71. The molecule has 9 heteroatoms. The van der Waals surface area contributed by atoms with Crippen LogP contribution in [0.4, 0.5) is 13.2 Å². The van der Waals surface area contributed by atoms with Crippen molar-refractivity contribution in [2.75, 3.05) is 14.2 Å². The van der Waals surface area contributed by atoms with Gasteiger partial charge in [-0.2, -0.15) is 13.2 Å². The van der Waals surface area contributed by atoms with Crippen LogP contribution in [0.2, 0.25) is 0 Å². The number of methoxy groups -OCH3 is 2. The molecule has 0 aliphatic carbocycles. The van der Waals surface area contributed by atoms with Crippen LogP contribution in [0.5, 0.6) is 28.7 Å². The third kappa shape index (κ3) is 5.58. The lowest BCUT2D eigenvalue weighted by molar-refractivity contribution is -0.152. The van der Waals surface area contributed by atoms with Crippen LogP contribution in [0.3, 0.4) is 0 Å². The van der Waals surface area contributed by atoms with E-state index >= 15 is 0 Å². The van der Waals surface area contributed by atoms with E-state index in [1.54, 1.807) is 12.1 Å². The minimum absolute atomic E-state index is 0.0152. The molecule has 0 saturated carbocycles. The highest BCUT2D eigenvalue weighted by Gasteiger charge is 2.39. The quantitative estimate of drug-likeness (QED) is 0.197. The normalized spacial score (nSPS) is 11.3. The number of hydrogen-bond acceptors (Lipinski definition) is 6. The fourth-order valence-electron chi connectivity index (χ4n) is 4.21. The van der Waals surface area contributed by atoms with Gasteiger partial charge in [-0.15, -0.1) is 0 Å². The van der Waals surface area contributed by atoms with Gasteiger partial charge in [-0.25, -0.2) is 0 Å². The zero-order valence-electron chi connectivity index (χ0n) is 21.5. The smallest absolute Gasteiger partial charge is 0.450 e. The van der Waals surface area contributed by atoms with Gasteiger partial charge in [-0.1, -0.05) is 36.4 Å². The van der Waals surface area contributed by atoms with Crippen molar-refractivity contribution >= 4 is 11.0 Å². The Morgan fingerprint density at radius 1 is 0.750 bits per heavy atom. The Morgan fingerprint density at radius 3 is 2.23 bits per heavy atom. The molecule has 0 aliphatic rings. The van der Waals surface area contributed by atoms with Crippen molar-refractivity contribution < 1.29 is 36.5 Å². The third-order valence-corrected chi connectivity index (χ3v) is 6.08. The summed E-state index contributed by atoms with van der Waals surface area (Å²) in [7, 11) is 2.75. The van der Waals surface area contributed by atoms with E-state index in [4.69, 9.17) is 23.4 Å². The number of fused-ring (bicyclic) bond motifs is 1. The van der Waals surface area contributed by atoms with Crippen LogP contribution < -0.4 is 24.4 Å². The van der Waals surface area contributed by atoms with Crippen LogP contribution in [0, 0.1) is 0 Å². The second-order valence-electron chi connectivity index (χ2n) is 8.71. The molecule has 0 bridgehead atoms. The van der Waals surface area contributed by atoms with Gasteiger partial charge in [0.1, 0.15) is 29.4 Å². The number of ether oxygens (including phenoxy) is 4. The molecule has 5 rings (SSSR count).